The van der Waals surface area contributed by atoms with Crippen LogP contribution in [0.15, 0.2) is 30.4 Å². The van der Waals surface area contributed by atoms with Gasteiger partial charge in [-0.25, -0.2) is 0 Å². The summed E-state index contributed by atoms with van der Waals surface area (Å²) in [6.07, 6.45) is 5.28. The number of hydrogen-bond acceptors (Lipinski definition) is 5. The molecule has 3 rings (SSSR count). The monoisotopic (exact) mass is 339 g/mol. The largest absolute Gasteiger partial charge is 0.434 e. The molecule has 1 saturated heterocycles. The van der Waals surface area contributed by atoms with E-state index >= 15 is 0 Å². The van der Waals surface area contributed by atoms with E-state index in [9.17, 15) is 18.9 Å². The lowest BCUT2D eigenvalue weighted by atomic mass is 10.1. The second-order valence-electron chi connectivity index (χ2n) is 6.03. The maximum Gasteiger partial charge on any atom is 0.387 e. The number of nitro benzene ring substituents is 1. The van der Waals surface area contributed by atoms with Crippen molar-refractivity contribution in [3.63, 3.8) is 0 Å². The van der Waals surface area contributed by atoms with Gasteiger partial charge in [0.05, 0.1) is 4.92 Å². The Morgan fingerprint density at radius 2 is 2.08 bits per heavy atom. The predicted molar refractivity (Wildman–Crippen MR) is 84.1 cm³/mol. The van der Waals surface area contributed by atoms with Gasteiger partial charge in [0.15, 0.2) is 0 Å². The average Bonchev–Trinajstić information content (AvgIpc) is 3.19. The van der Waals surface area contributed by atoms with Crippen LogP contribution in [0.3, 0.4) is 0 Å². The van der Waals surface area contributed by atoms with E-state index in [-0.39, 0.29) is 11.4 Å². The second-order valence-corrected chi connectivity index (χ2v) is 6.03. The predicted octanol–water partition coefficient (Wildman–Crippen LogP) is 2.64. The summed E-state index contributed by atoms with van der Waals surface area (Å²) in [6.45, 7) is 0.939. The highest BCUT2D eigenvalue weighted by Gasteiger charge is 2.28. The number of hydrogen-bond donors (Lipinski definition) is 0. The molecular formula is C16H19F2N3O3. The standard InChI is InChI=1S/C16H19F2N3O3/c17-16(18)24-15-4-3-13(21(22)23)9-12(15)10-19-8-5-14(11-19)20-6-1-2-7-20/h1-4,9,14,16H,5-8,10-11H2/t14-/m0/s1. The van der Waals surface area contributed by atoms with Gasteiger partial charge < -0.3 is 4.74 Å². The fraction of sp³-hybridized carbons (Fsp3) is 0.500. The number of non-ortho nitro benzene ring substituents is 1. The third-order valence-corrected chi connectivity index (χ3v) is 4.48. The molecule has 2 heterocycles. The summed E-state index contributed by atoms with van der Waals surface area (Å²) in [5.74, 6) is 0.00175. The number of nitro groups is 1. The van der Waals surface area contributed by atoms with Crippen molar-refractivity contribution < 1.29 is 18.4 Å². The quantitative estimate of drug-likeness (QED) is 0.453. The van der Waals surface area contributed by atoms with Gasteiger partial charge >= 0.3 is 6.61 Å². The maximum absolute atomic E-state index is 12.6. The number of nitrogens with zero attached hydrogens (tertiary/aromatic N) is 3. The zero-order valence-corrected chi connectivity index (χ0v) is 13.1. The molecule has 0 saturated carbocycles. The molecule has 0 amide bonds. The highest BCUT2D eigenvalue weighted by molar-refractivity contribution is 5.44. The van der Waals surface area contributed by atoms with E-state index < -0.39 is 11.5 Å². The zero-order chi connectivity index (χ0) is 17.1. The Labute approximate surface area is 138 Å². The highest BCUT2D eigenvalue weighted by Crippen LogP contribution is 2.28. The Morgan fingerprint density at radius 1 is 1.33 bits per heavy atom. The van der Waals surface area contributed by atoms with E-state index in [1.807, 2.05) is 0 Å². The van der Waals surface area contributed by atoms with Gasteiger partial charge in [0, 0.05) is 56.5 Å². The summed E-state index contributed by atoms with van der Waals surface area (Å²) >= 11 is 0. The minimum absolute atomic E-state index is 0.00175. The Hall–Kier alpha value is -2.06. The maximum atomic E-state index is 12.6. The van der Waals surface area contributed by atoms with Crippen LogP contribution in [-0.4, -0.2) is 53.6 Å². The molecule has 0 unspecified atom stereocenters. The van der Waals surface area contributed by atoms with E-state index in [4.69, 9.17) is 0 Å². The van der Waals surface area contributed by atoms with E-state index in [2.05, 4.69) is 26.7 Å². The first-order valence-corrected chi connectivity index (χ1v) is 7.86. The SMILES string of the molecule is O=[N+]([O-])c1ccc(OC(F)F)c(CN2CC[C@H](N3CC=CC3)C2)c1. The number of rotatable bonds is 6. The fourth-order valence-electron chi connectivity index (χ4n) is 3.30. The van der Waals surface area contributed by atoms with E-state index in [0.29, 0.717) is 18.2 Å². The van der Waals surface area contributed by atoms with Gasteiger partial charge in [0.1, 0.15) is 5.75 Å². The molecule has 0 aromatic heterocycles. The Morgan fingerprint density at radius 3 is 2.75 bits per heavy atom. The van der Waals surface area contributed by atoms with Gasteiger partial charge in [-0.05, 0) is 12.5 Å². The lowest BCUT2D eigenvalue weighted by Gasteiger charge is -2.24. The number of halogens is 2. The zero-order valence-electron chi connectivity index (χ0n) is 13.1. The normalized spacial score (nSPS) is 21.7. The Kier molecular flexibility index (Phi) is 5.06. The first-order valence-electron chi connectivity index (χ1n) is 7.86. The van der Waals surface area contributed by atoms with E-state index in [0.717, 1.165) is 32.6 Å². The summed E-state index contributed by atoms with van der Waals surface area (Å²) < 4.78 is 29.6. The number of benzene rings is 1. The third kappa shape index (κ3) is 3.88. The van der Waals surface area contributed by atoms with Crippen LogP contribution in [0.1, 0.15) is 12.0 Å². The lowest BCUT2D eigenvalue weighted by molar-refractivity contribution is -0.385. The van der Waals surface area contributed by atoms with Crippen LogP contribution >= 0.6 is 0 Å². The van der Waals surface area contributed by atoms with Crippen LogP contribution in [0.5, 0.6) is 5.75 Å². The second kappa shape index (κ2) is 7.23. The number of likely N-dealkylation sites (tertiary alicyclic amines) is 1. The first kappa shape index (κ1) is 16.8. The topological polar surface area (TPSA) is 58.9 Å². The minimum Gasteiger partial charge on any atom is -0.434 e. The van der Waals surface area contributed by atoms with E-state index in [1.54, 1.807) is 0 Å². The van der Waals surface area contributed by atoms with Crippen LogP contribution < -0.4 is 4.74 Å². The van der Waals surface area contributed by atoms with E-state index in [1.165, 1.54) is 18.2 Å². The van der Waals surface area contributed by atoms with Crippen LogP contribution in [0.25, 0.3) is 0 Å². The molecular weight excluding hydrogens is 320 g/mol. The Balaban J connectivity index is 1.70. The molecule has 1 fully saturated rings. The van der Waals surface area contributed by atoms with Crippen molar-refractivity contribution >= 4 is 5.69 Å². The van der Waals surface area contributed by atoms with Gasteiger partial charge in [-0.1, -0.05) is 12.2 Å². The first-order chi connectivity index (χ1) is 11.5. The molecule has 1 atom stereocenters. The smallest absolute Gasteiger partial charge is 0.387 e. The summed E-state index contributed by atoms with van der Waals surface area (Å²) in [5, 5.41) is 10.9. The third-order valence-electron chi connectivity index (χ3n) is 4.48. The molecule has 6 nitrogen and oxygen atoms in total. The molecule has 0 N–H and O–H groups in total. The molecule has 0 aliphatic carbocycles. The van der Waals surface area contributed by atoms with Gasteiger partial charge in [0.2, 0.25) is 0 Å². The molecule has 0 bridgehead atoms. The van der Waals surface area contributed by atoms with Gasteiger partial charge in [-0.2, -0.15) is 8.78 Å². The van der Waals surface area contributed by atoms with Crippen LogP contribution in [0.4, 0.5) is 14.5 Å². The van der Waals surface area contributed by atoms with Gasteiger partial charge in [-0.15, -0.1) is 0 Å². The van der Waals surface area contributed by atoms with Crippen molar-refractivity contribution in [2.24, 2.45) is 0 Å². The summed E-state index contributed by atoms with van der Waals surface area (Å²) in [5.41, 5.74) is 0.302. The number of alkyl halides is 2. The molecule has 1 aromatic rings. The summed E-state index contributed by atoms with van der Waals surface area (Å²) in [7, 11) is 0. The van der Waals surface area contributed by atoms with Crippen molar-refractivity contribution in [2.45, 2.75) is 25.6 Å². The number of ether oxygens (including phenoxy) is 1. The van der Waals surface area contributed by atoms with Crippen molar-refractivity contribution in [3.8, 4) is 5.75 Å². The molecule has 0 spiro atoms. The molecule has 130 valence electrons. The summed E-state index contributed by atoms with van der Waals surface area (Å²) in [4.78, 5) is 14.9. The van der Waals surface area contributed by atoms with Crippen molar-refractivity contribution in [1.82, 2.24) is 9.80 Å². The van der Waals surface area contributed by atoms with Gasteiger partial charge in [-0.3, -0.25) is 19.9 Å². The molecule has 24 heavy (non-hydrogen) atoms. The molecule has 2 aliphatic rings. The molecule has 2 aliphatic heterocycles. The summed E-state index contributed by atoms with van der Waals surface area (Å²) in [6, 6.07) is 4.18. The van der Waals surface area contributed by atoms with Crippen LogP contribution in [0.2, 0.25) is 0 Å². The fourth-order valence-corrected chi connectivity index (χ4v) is 3.30. The molecule has 8 heteroatoms. The minimum atomic E-state index is -2.95. The van der Waals surface area contributed by atoms with Crippen LogP contribution in [-0.2, 0) is 6.54 Å². The van der Waals surface area contributed by atoms with Gasteiger partial charge in [0.25, 0.3) is 5.69 Å². The lowest BCUT2D eigenvalue weighted by Crippen LogP contribution is -2.35. The van der Waals surface area contributed by atoms with Crippen LogP contribution in [0, 0.1) is 10.1 Å². The molecule has 0 radical (unpaired) electrons. The molecule has 1 aromatic carbocycles. The average molecular weight is 339 g/mol. The van der Waals surface area contributed by atoms with Crippen molar-refractivity contribution in [3.05, 3.63) is 46.0 Å². The Bertz CT molecular complexity index is 631. The van der Waals surface area contributed by atoms with Crippen molar-refractivity contribution in [2.75, 3.05) is 26.2 Å². The van der Waals surface area contributed by atoms with Crippen molar-refractivity contribution in [1.29, 1.82) is 0 Å². The highest BCUT2D eigenvalue weighted by atomic mass is 19.3.